The maximum atomic E-state index is 12.1. The van der Waals surface area contributed by atoms with Crippen molar-refractivity contribution in [3.8, 4) is 0 Å². The number of rotatable bonds is 6. The summed E-state index contributed by atoms with van der Waals surface area (Å²) in [4.78, 5) is 12.1. The van der Waals surface area contributed by atoms with Gasteiger partial charge in [0.25, 0.3) is 0 Å². The summed E-state index contributed by atoms with van der Waals surface area (Å²) in [5, 5.41) is 3.05. The molecular weight excluding hydrogens is 236 g/mol. The topological polar surface area (TPSA) is 55.1 Å². The number of aryl methyl sites for hydroxylation is 1. The Morgan fingerprint density at radius 2 is 2.05 bits per heavy atom. The van der Waals surface area contributed by atoms with Crippen molar-refractivity contribution >= 4 is 5.91 Å². The minimum Gasteiger partial charge on any atom is -0.356 e. The standard InChI is InChI=1S/C16H24N2O/c1-13-10-16(11-13,12-17)15(19)18-9-5-8-14-6-3-2-4-7-14/h2-4,6-7,13H,5,8-12,17H2,1H3,(H,18,19). The van der Waals surface area contributed by atoms with Crippen molar-refractivity contribution in [1.29, 1.82) is 0 Å². The normalized spacial score (nSPS) is 25.7. The van der Waals surface area contributed by atoms with Gasteiger partial charge in [0.05, 0.1) is 5.41 Å². The van der Waals surface area contributed by atoms with Gasteiger partial charge in [-0.2, -0.15) is 0 Å². The van der Waals surface area contributed by atoms with Gasteiger partial charge >= 0.3 is 0 Å². The Morgan fingerprint density at radius 3 is 2.63 bits per heavy atom. The first kappa shape index (κ1) is 14.1. The summed E-state index contributed by atoms with van der Waals surface area (Å²) in [5.74, 6) is 0.791. The molecule has 0 spiro atoms. The van der Waals surface area contributed by atoms with E-state index in [2.05, 4.69) is 24.4 Å². The Kier molecular flexibility index (Phi) is 4.59. The molecule has 0 unspecified atom stereocenters. The first-order valence-corrected chi connectivity index (χ1v) is 7.18. The first-order chi connectivity index (χ1) is 9.16. The average Bonchev–Trinajstić information content (AvgIpc) is 2.40. The smallest absolute Gasteiger partial charge is 0.227 e. The third kappa shape index (κ3) is 3.35. The number of carbonyl (C=O) groups is 1. The van der Waals surface area contributed by atoms with E-state index < -0.39 is 0 Å². The maximum Gasteiger partial charge on any atom is 0.227 e. The molecule has 3 heteroatoms. The van der Waals surface area contributed by atoms with Crippen LogP contribution in [0.2, 0.25) is 0 Å². The Bertz CT molecular complexity index is 410. The van der Waals surface area contributed by atoms with Gasteiger partial charge in [0.2, 0.25) is 5.91 Å². The van der Waals surface area contributed by atoms with Gasteiger partial charge in [-0.25, -0.2) is 0 Å². The SMILES string of the molecule is CC1CC(CN)(C(=O)NCCCc2ccccc2)C1. The number of nitrogens with two attached hydrogens (primary N) is 1. The minimum atomic E-state index is -0.272. The molecule has 0 saturated heterocycles. The molecule has 1 aromatic rings. The molecule has 19 heavy (non-hydrogen) atoms. The number of carbonyl (C=O) groups excluding carboxylic acids is 1. The fraction of sp³-hybridized carbons (Fsp3) is 0.562. The second kappa shape index (κ2) is 6.20. The summed E-state index contributed by atoms with van der Waals surface area (Å²) in [6, 6.07) is 10.4. The fourth-order valence-electron chi connectivity index (χ4n) is 3.05. The number of hydrogen-bond acceptors (Lipinski definition) is 2. The van der Waals surface area contributed by atoms with Crippen LogP contribution in [-0.4, -0.2) is 19.0 Å². The van der Waals surface area contributed by atoms with E-state index in [-0.39, 0.29) is 11.3 Å². The molecule has 104 valence electrons. The van der Waals surface area contributed by atoms with Crippen molar-refractivity contribution < 1.29 is 4.79 Å². The van der Waals surface area contributed by atoms with E-state index in [0.717, 1.165) is 32.2 Å². The van der Waals surface area contributed by atoms with Crippen LogP contribution in [0.25, 0.3) is 0 Å². The Morgan fingerprint density at radius 1 is 1.37 bits per heavy atom. The predicted molar refractivity (Wildman–Crippen MR) is 77.7 cm³/mol. The monoisotopic (exact) mass is 260 g/mol. The molecule has 0 heterocycles. The van der Waals surface area contributed by atoms with Crippen LogP contribution < -0.4 is 11.1 Å². The molecule has 0 atom stereocenters. The highest BCUT2D eigenvalue weighted by atomic mass is 16.2. The molecule has 0 radical (unpaired) electrons. The molecule has 2 rings (SSSR count). The molecule has 1 saturated carbocycles. The maximum absolute atomic E-state index is 12.1. The molecule has 0 bridgehead atoms. The summed E-state index contributed by atoms with van der Waals surface area (Å²) in [7, 11) is 0. The fourth-order valence-corrected chi connectivity index (χ4v) is 3.05. The van der Waals surface area contributed by atoms with Gasteiger partial charge in [-0.1, -0.05) is 37.3 Å². The van der Waals surface area contributed by atoms with Crippen LogP contribution in [0.15, 0.2) is 30.3 Å². The summed E-state index contributed by atoms with van der Waals surface area (Å²) < 4.78 is 0. The zero-order valence-corrected chi connectivity index (χ0v) is 11.7. The predicted octanol–water partition coefficient (Wildman–Crippen LogP) is 2.11. The van der Waals surface area contributed by atoms with E-state index in [0.29, 0.717) is 12.5 Å². The van der Waals surface area contributed by atoms with E-state index in [4.69, 9.17) is 5.73 Å². The Labute approximate surface area is 115 Å². The van der Waals surface area contributed by atoms with Crippen LogP contribution in [0, 0.1) is 11.3 Å². The molecule has 3 nitrogen and oxygen atoms in total. The average molecular weight is 260 g/mol. The lowest BCUT2D eigenvalue weighted by molar-refractivity contribution is -0.138. The number of nitrogens with one attached hydrogen (secondary N) is 1. The molecule has 1 fully saturated rings. The molecule has 3 N–H and O–H groups in total. The van der Waals surface area contributed by atoms with Gasteiger partial charge in [-0.05, 0) is 37.2 Å². The summed E-state index contributed by atoms with van der Waals surface area (Å²) >= 11 is 0. The molecule has 1 aliphatic rings. The summed E-state index contributed by atoms with van der Waals surface area (Å²) in [6.45, 7) is 3.39. The molecule has 0 aromatic heterocycles. The van der Waals surface area contributed by atoms with Crippen LogP contribution in [0.4, 0.5) is 0 Å². The van der Waals surface area contributed by atoms with E-state index in [9.17, 15) is 4.79 Å². The van der Waals surface area contributed by atoms with Crippen molar-refractivity contribution in [2.45, 2.75) is 32.6 Å². The first-order valence-electron chi connectivity index (χ1n) is 7.18. The summed E-state index contributed by atoms with van der Waals surface area (Å²) in [5.41, 5.74) is 6.82. The van der Waals surface area contributed by atoms with Gasteiger partial charge in [0, 0.05) is 13.1 Å². The number of amides is 1. The van der Waals surface area contributed by atoms with E-state index in [1.54, 1.807) is 0 Å². The zero-order valence-electron chi connectivity index (χ0n) is 11.7. The second-order valence-electron chi connectivity index (χ2n) is 5.84. The van der Waals surface area contributed by atoms with E-state index in [1.807, 2.05) is 18.2 Å². The Hall–Kier alpha value is -1.35. The Balaban J connectivity index is 1.70. The van der Waals surface area contributed by atoms with Gasteiger partial charge in [-0.3, -0.25) is 4.79 Å². The zero-order chi connectivity index (χ0) is 13.7. The van der Waals surface area contributed by atoms with Gasteiger partial charge in [0.1, 0.15) is 0 Å². The highest BCUT2D eigenvalue weighted by molar-refractivity contribution is 5.83. The van der Waals surface area contributed by atoms with Crippen LogP contribution >= 0.6 is 0 Å². The van der Waals surface area contributed by atoms with Crippen molar-refractivity contribution in [1.82, 2.24) is 5.32 Å². The summed E-state index contributed by atoms with van der Waals surface area (Å²) in [6.07, 6.45) is 3.86. The lowest BCUT2D eigenvalue weighted by Crippen LogP contribution is -2.53. The second-order valence-corrected chi connectivity index (χ2v) is 5.84. The molecule has 1 aromatic carbocycles. The van der Waals surface area contributed by atoms with Crippen molar-refractivity contribution in [3.05, 3.63) is 35.9 Å². The molecule has 1 amide bonds. The lowest BCUT2D eigenvalue weighted by Gasteiger charge is -2.44. The molecular formula is C16H24N2O. The third-order valence-electron chi connectivity index (χ3n) is 4.12. The quantitative estimate of drug-likeness (QED) is 0.770. The third-order valence-corrected chi connectivity index (χ3v) is 4.12. The van der Waals surface area contributed by atoms with Crippen molar-refractivity contribution in [2.75, 3.05) is 13.1 Å². The van der Waals surface area contributed by atoms with E-state index in [1.165, 1.54) is 5.56 Å². The molecule has 1 aliphatic carbocycles. The van der Waals surface area contributed by atoms with Gasteiger partial charge in [0.15, 0.2) is 0 Å². The lowest BCUT2D eigenvalue weighted by atomic mass is 9.62. The van der Waals surface area contributed by atoms with E-state index >= 15 is 0 Å². The highest BCUT2D eigenvalue weighted by Crippen LogP contribution is 2.44. The largest absolute Gasteiger partial charge is 0.356 e. The van der Waals surface area contributed by atoms with Crippen LogP contribution in [0.1, 0.15) is 31.7 Å². The van der Waals surface area contributed by atoms with Crippen LogP contribution in [0.5, 0.6) is 0 Å². The minimum absolute atomic E-state index is 0.154. The highest BCUT2D eigenvalue weighted by Gasteiger charge is 2.46. The number of hydrogen-bond donors (Lipinski definition) is 2. The van der Waals surface area contributed by atoms with Crippen molar-refractivity contribution in [2.24, 2.45) is 17.1 Å². The number of benzene rings is 1. The van der Waals surface area contributed by atoms with Crippen LogP contribution in [0.3, 0.4) is 0 Å². The van der Waals surface area contributed by atoms with Crippen LogP contribution in [-0.2, 0) is 11.2 Å². The van der Waals surface area contributed by atoms with Gasteiger partial charge < -0.3 is 11.1 Å². The molecule has 0 aliphatic heterocycles. The van der Waals surface area contributed by atoms with Crippen molar-refractivity contribution in [3.63, 3.8) is 0 Å². The van der Waals surface area contributed by atoms with Gasteiger partial charge in [-0.15, -0.1) is 0 Å².